The molecule has 2 rings (SSSR count). The lowest BCUT2D eigenvalue weighted by atomic mass is 9.96. The molecule has 0 saturated heterocycles. The fourth-order valence-corrected chi connectivity index (χ4v) is 3.49. The van der Waals surface area contributed by atoms with E-state index in [0.29, 0.717) is 6.04 Å². The number of hydrogen-bond acceptors (Lipinski definition) is 3. The van der Waals surface area contributed by atoms with Crippen molar-refractivity contribution in [3.8, 4) is 0 Å². The van der Waals surface area contributed by atoms with Gasteiger partial charge in [-0.15, -0.1) is 0 Å². The fourth-order valence-electron chi connectivity index (χ4n) is 3.49. The quantitative estimate of drug-likeness (QED) is 0.843. The summed E-state index contributed by atoms with van der Waals surface area (Å²) >= 11 is 0. The van der Waals surface area contributed by atoms with E-state index in [1.165, 1.54) is 44.1 Å². The Morgan fingerprint density at radius 3 is 2.50 bits per heavy atom. The van der Waals surface area contributed by atoms with Gasteiger partial charge in [-0.3, -0.25) is 9.58 Å². The van der Waals surface area contributed by atoms with E-state index < -0.39 is 0 Å². The smallest absolute Gasteiger partial charge is 0.0538 e. The molecule has 2 unspecified atom stereocenters. The zero-order valence-electron chi connectivity index (χ0n) is 13.3. The predicted octanol–water partition coefficient (Wildman–Crippen LogP) is 2.85. The van der Waals surface area contributed by atoms with Gasteiger partial charge in [0.15, 0.2) is 0 Å². The minimum atomic E-state index is 0.174. The number of hydrogen-bond donors (Lipinski definition) is 1. The highest BCUT2D eigenvalue weighted by Gasteiger charge is 2.29. The van der Waals surface area contributed by atoms with Crippen LogP contribution in [-0.4, -0.2) is 33.8 Å². The SMILES string of the molecule is CCC(N)C(c1cnn(C)c1)N(C)C1CCCCCC1. The van der Waals surface area contributed by atoms with Crippen molar-refractivity contribution in [3.63, 3.8) is 0 Å². The molecular formula is C16H30N4. The molecule has 20 heavy (non-hydrogen) atoms. The van der Waals surface area contributed by atoms with Gasteiger partial charge >= 0.3 is 0 Å². The first-order valence-electron chi connectivity index (χ1n) is 8.09. The molecule has 4 nitrogen and oxygen atoms in total. The Bertz CT molecular complexity index is 393. The summed E-state index contributed by atoms with van der Waals surface area (Å²) in [7, 11) is 4.23. The van der Waals surface area contributed by atoms with Gasteiger partial charge in [0, 0.05) is 30.9 Å². The molecule has 1 fully saturated rings. The van der Waals surface area contributed by atoms with E-state index in [2.05, 4.69) is 30.2 Å². The van der Waals surface area contributed by atoms with Gasteiger partial charge in [-0.1, -0.05) is 32.6 Å². The maximum Gasteiger partial charge on any atom is 0.0538 e. The molecule has 0 aliphatic heterocycles. The second-order valence-corrected chi connectivity index (χ2v) is 6.28. The number of likely N-dealkylation sites (N-methyl/N-ethyl adjacent to an activating group) is 1. The molecule has 0 bridgehead atoms. The molecule has 0 amide bonds. The molecule has 0 spiro atoms. The predicted molar refractivity (Wildman–Crippen MR) is 83.5 cm³/mol. The summed E-state index contributed by atoms with van der Waals surface area (Å²) in [6, 6.07) is 1.13. The minimum absolute atomic E-state index is 0.174. The van der Waals surface area contributed by atoms with Gasteiger partial charge < -0.3 is 5.73 Å². The Labute approximate surface area is 123 Å². The molecule has 0 radical (unpaired) electrons. The molecule has 114 valence electrons. The van der Waals surface area contributed by atoms with Crippen LogP contribution in [0, 0.1) is 0 Å². The van der Waals surface area contributed by atoms with E-state index in [0.717, 1.165) is 6.42 Å². The van der Waals surface area contributed by atoms with Crippen molar-refractivity contribution in [1.29, 1.82) is 0 Å². The molecule has 1 aliphatic carbocycles. The number of nitrogens with zero attached hydrogens (tertiary/aromatic N) is 3. The summed E-state index contributed by atoms with van der Waals surface area (Å²) in [5.74, 6) is 0. The van der Waals surface area contributed by atoms with Gasteiger partial charge in [0.05, 0.1) is 12.2 Å². The number of rotatable bonds is 5. The third-order valence-electron chi connectivity index (χ3n) is 4.78. The Kier molecular flexibility index (Phi) is 5.61. The lowest BCUT2D eigenvalue weighted by molar-refractivity contribution is 0.135. The third-order valence-corrected chi connectivity index (χ3v) is 4.78. The van der Waals surface area contributed by atoms with Crippen molar-refractivity contribution in [2.24, 2.45) is 12.8 Å². The topological polar surface area (TPSA) is 47.1 Å². The van der Waals surface area contributed by atoms with Crippen LogP contribution in [0.5, 0.6) is 0 Å². The van der Waals surface area contributed by atoms with E-state index in [4.69, 9.17) is 5.73 Å². The Morgan fingerprint density at radius 2 is 2.00 bits per heavy atom. The Morgan fingerprint density at radius 1 is 1.35 bits per heavy atom. The second kappa shape index (κ2) is 7.23. The summed E-state index contributed by atoms with van der Waals surface area (Å²) < 4.78 is 1.88. The average Bonchev–Trinajstić information content (AvgIpc) is 2.70. The van der Waals surface area contributed by atoms with Crippen molar-refractivity contribution in [2.45, 2.75) is 70.0 Å². The zero-order valence-corrected chi connectivity index (χ0v) is 13.3. The van der Waals surface area contributed by atoms with Gasteiger partial charge in [0.2, 0.25) is 0 Å². The van der Waals surface area contributed by atoms with Gasteiger partial charge in [-0.2, -0.15) is 5.10 Å². The highest BCUT2D eigenvalue weighted by molar-refractivity contribution is 5.13. The first kappa shape index (κ1) is 15.5. The summed E-state index contributed by atoms with van der Waals surface area (Å²) in [6.45, 7) is 2.18. The van der Waals surface area contributed by atoms with E-state index in [9.17, 15) is 0 Å². The first-order chi connectivity index (χ1) is 9.63. The Hall–Kier alpha value is -0.870. The molecule has 2 atom stereocenters. The van der Waals surface area contributed by atoms with Crippen molar-refractivity contribution in [3.05, 3.63) is 18.0 Å². The largest absolute Gasteiger partial charge is 0.326 e. The number of aryl methyl sites for hydroxylation is 1. The van der Waals surface area contributed by atoms with Gasteiger partial charge in [-0.05, 0) is 26.3 Å². The summed E-state index contributed by atoms with van der Waals surface area (Å²) in [6.07, 6.45) is 13.2. The van der Waals surface area contributed by atoms with E-state index >= 15 is 0 Å². The molecule has 1 aromatic heterocycles. The summed E-state index contributed by atoms with van der Waals surface area (Å²) in [5, 5.41) is 4.33. The lowest BCUT2D eigenvalue weighted by Crippen LogP contribution is -2.43. The van der Waals surface area contributed by atoms with Crippen LogP contribution in [0.4, 0.5) is 0 Å². The van der Waals surface area contributed by atoms with Crippen molar-refractivity contribution >= 4 is 0 Å². The summed E-state index contributed by atoms with van der Waals surface area (Å²) in [5.41, 5.74) is 7.68. The molecule has 0 aromatic carbocycles. The van der Waals surface area contributed by atoms with Gasteiger partial charge in [0.1, 0.15) is 0 Å². The second-order valence-electron chi connectivity index (χ2n) is 6.28. The molecular weight excluding hydrogens is 248 g/mol. The molecule has 1 aliphatic rings. The maximum atomic E-state index is 6.43. The van der Waals surface area contributed by atoms with Crippen LogP contribution in [0.3, 0.4) is 0 Å². The number of nitrogens with two attached hydrogens (primary N) is 1. The van der Waals surface area contributed by atoms with E-state index in [1.807, 2.05) is 17.9 Å². The van der Waals surface area contributed by atoms with Crippen LogP contribution in [0.25, 0.3) is 0 Å². The summed E-state index contributed by atoms with van der Waals surface area (Å²) in [4.78, 5) is 2.52. The van der Waals surface area contributed by atoms with E-state index in [-0.39, 0.29) is 12.1 Å². The maximum absolute atomic E-state index is 6.43. The first-order valence-corrected chi connectivity index (χ1v) is 8.09. The van der Waals surface area contributed by atoms with Crippen LogP contribution in [0.15, 0.2) is 12.4 Å². The minimum Gasteiger partial charge on any atom is -0.326 e. The highest BCUT2D eigenvalue weighted by Crippen LogP contribution is 2.30. The highest BCUT2D eigenvalue weighted by atomic mass is 15.3. The lowest BCUT2D eigenvalue weighted by Gasteiger charge is -2.37. The van der Waals surface area contributed by atoms with Crippen molar-refractivity contribution < 1.29 is 0 Å². The average molecular weight is 278 g/mol. The molecule has 4 heteroatoms. The normalized spacial score (nSPS) is 20.9. The van der Waals surface area contributed by atoms with Crippen LogP contribution in [-0.2, 0) is 7.05 Å². The fraction of sp³-hybridized carbons (Fsp3) is 0.812. The van der Waals surface area contributed by atoms with Crippen molar-refractivity contribution in [1.82, 2.24) is 14.7 Å². The third kappa shape index (κ3) is 3.61. The molecule has 2 N–H and O–H groups in total. The standard InChI is InChI=1S/C16H30N4/c1-4-15(17)16(13-11-18-19(2)12-13)20(3)14-9-7-5-6-8-10-14/h11-12,14-16H,4-10,17H2,1-3H3. The monoisotopic (exact) mass is 278 g/mol. The van der Waals surface area contributed by atoms with Gasteiger partial charge in [-0.25, -0.2) is 0 Å². The van der Waals surface area contributed by atoms with Crippen LogP contribution < -0.4 is 5.73 Å². The van der Waals surface area contributed by atoms with Crippen molar-refractivity contribution in [2.75, 3.05) is 7.05 Å². The van der Waals surface area contributed by atoms with E-state index in [1.54, 1.807) is 0 Å². The zero-order chi connectivity index (χ0) is 14.5. The van der Waals surface area contributed by atoms with Gasteiger partial charge in [0.25, 0.3) is 0 Å². The van der Waals surface area contributed by atoms with Crippen LogP contribution in [0.2, 0.25) is 0 Å². The molecule has 1 saturated carbocycles. The van der Waals surface area contributed by atoms with Crippen LogP contribution in [0.1, 0.15) is 63.5 Å². The molecule has 1 heterocycles. The number of aromatic nitrogens is 2. The molecule has 1 aromatic rings. The van der Waals surface area contributed by atoms with Crippen LogP contribution >= 0.6 is 0 Å². The Balaban J connectivity index is 2.16.